The number of hydrogen-bond donors (Lipinski definition) is 0. The van der Waals surface area contributed by atoms with Crippen LogP contribution in [0.25, 0.3) is 0 Å². The zero-order valence-corrected chi connectivity index (χ0v) is 17.1. The highest BCUT2D eigenvalue weighted by Gasteiger charge is 2.24. The Labute approximate surface area is 166 Å². The molecule has 1 fully saturated rings. The molecule has 0 bridgehead atoms. The molecule has 0 aliphatic carbocycles. The molecule has 28 heavy (non-hydrogen) atoms. The van der Waals surface area contributed by atoms with Crippen LogP contribution in [0.2, 0.25) is 0 Å². The predicted molar refractivity (Wildman–Crippen MR) is 110 cm³/mol. The van der Waals surface area contributed by atoms with E-state index in [-0.39, 0.29) is 18.6 Å². The third-order valence-corrected chi connectivity index (χ3v) is 5.30. The van der Waals surface area contributed by atoms with Crippen LogP contribution in [0.1, 0.15) is 41.6 Å². The number of rotatable bonds is 5. The second-order valence-corrected chi connectivity index (χ2v) is 7.53. The molecule has 1 saturated heterocycles. The van der Waals surface area contributed by atoms with Crippen LogP contribution in [0.15, 0.2) is 36.4 Å². The molecule has 0 saturated carbocycles. The second-order valence-electron chi connectivity index (χ2n) is 7.53. The van der Waals surface area contributed by atoms with Crippen molar-refractivity contribution in [1.29, 1.82) is 0 Å². The minimum Gasteiger partial charge on any atom is -0.452 e. The molecule has 1 aromatic carbocycles. The van der Waals surface area contributed by atoms with E-state index < -0.39 is 5.97 Å². The fourth-order valence-corrected chi connectivity index (χ4v) is 3.93. The van der Waals surface area contributed by atoms with Gasteiger partial charge in [0.1, 0.15) is 0 Å². The Morgan fingerprint density at radius 1 is 1.04 bits per heavy atom. The maximum absolute atomic E-state index is 12.5. The van der Waals surface area contributed by atoms with Crippen LogP contribution in [-0.2, 0) is 9.53 Å². The standard InChI is InChI=1S/C22H29N3O3/c1-16(2)25-17(3)14-20(18(25)4)22(27)28-15-21(26)24-12-10-23(11-13-24)19-8-6-5-7-9-19/h5-9,14,16H,10-13,15H2,1-4H3. The smallest absolute Gasteiger partial charge is 0.340 e. The highest BCUT2D eigenvalue weighted by molar-refractivity contribution is 5.92. The first kappa shape index (κ1) is 20.0. The van der Waals surface area contributed by atoms with Crippen molar-refractivity contribution in [2.75, 3.05) is 37.7 Å². The zero-order valence-electron chi connectivity index (χ0n) is 17.1. The van der Waals surface area contributed by atoms with Crippen LogP contribution in [0, 0.1) is 13.8 Å². The summed E-state index contributed by atoms with van der Waals surface area (Å²) in [6, 6.07) is 12.3. The number of carbonyl (C=O) groups is 2. The van der Waals surface area contributed by atoms with E-state index in [0.29, 0.717) is 18.7 Å². The molecule has 0 radical (unpaired) electrons. The summed E-state index contributed by atoms with van der Waals surface area (Å²) >= 11 is 0. The van der Waals surface area contributed by atoms with Crippen molar-refractivity contribution >= 4 is 17.6 Å². The number of para-hydroxylation sites is 1. The molecule has 150 valence electrons. The summed E-state index contributed by atoms with van der Waals surface area (Å²) in [6.07, 6.45) is 0. The van der Waals surface area contributed by atoms with Crippen molar-refractivity contribution in [3.63, 3.8) is 0 Å². The third kappa shape index (κ3) is 4.21. The fraction of sp³-hybridized carbons (Fsp3) is 0.455. The Hall–Kier alpha value is -2.76. The van der Waals surface area contributed by atoms with Crippen molar-refractivity contribution in [2.24, 2.45) is 0 Å². The highest BCUT2D eigenvalue weighted by Crippen LogP contribution is 2.21. The van der Waals surface area contributed by atoms with Gasteiger partial charge in [0.2, 0.25) is 0 Å². The van der Waals surface area contributed by atoms with Crippen molar-refractivity contribution < 1.29 is 14.3 Å². The number of anilines is 1. The van der Waals surface area contributed by atoms with E-state index in [1.807, 2.05) is 38.1 Å². The van der Waals surface area contributed by atoms with E-state index in [2.05, 4.69) is 35.4 Å². The van der Waals surface area contributed by atoms with E-state index in [9.17, 15) is 9.59 Å². The van der Waals surface area contributed by atoms with Gasteiger partial charge in [0.05, 0.1) is 5.56 Å². The highest BCUT2D eigenvalue weighted by atomic mass is 16.5. The molecule has 1 aliphatic heterocycles. The maximum atomic E-state index is 12.5. The lowest BCUT2D eigenvalue weighted by Crippen LogP contribution is -2.49. The summed E-state index contributed by atoms with van der Waals surface area (Å²) in [5.74, 6) is -0.574. The lowest BCUT2D eigenvalue weighted by Gasteiger charge is -2.36. The van der Waals surface area contributed by atoms with E-state index >= 15 is 0 Å². The molecule has 0 unspecified atom stereocenters. The molecular weight excluding hydrogens is 354 g/mol. The van der Waals surface area contributed by atoms with Crippen LogP contribution in [0.3, 0.4) is 0 Å². The van der Waals surface area contributed by atoms with Gasteiger partial charge in [-0.3, -0.25) is 4.79 Å². The summed E-state index contributed by atoms with van der Waals surface area (Å²) in [7, 11) is 0. The molecule has 1 aliphatic rings. The normalized spacial score (nSPS) is 14.5. The Kier molecular flexibility index (Phi) is 6.07. The molecule has 6 heteroatoms. The number of nitrogens with zero attached hydrogens (tertiary/aromatic N) is 3. The molecule has 1 aromatic heterocycles. The largest absolute Gasteiger partial charge is 0.452 e. The van der Waals surface area contributed by atoms with Gasteiger partial charge in [-0.2, -0.15) is 0 Å². The van der Waals surface area contributed by atoms with Crippen molar-refractivity contribution in [3.8, 4) is 0 Å². The molecule has 3 rings (SSSR count). The van der Waals surface area contributed by atoms with Crippen LogP contribution >= 0.6 is 0 Å². The molecule has 0 N–H and O–H groups in total. The maximum Gasteiger partial charge on any atom is 0.340 e. The first-order chi connectivity index (χ1) is 13.4. The first-order valence-corrected chi connectivity index (χ1v) is 9.81. The summed E-state index contributed by atoms with van der Waals surface area (Å²) in [4.78, 5) is 29.0. The number of amides is 1. The number of benzene rings is 1. The molecule has 6 nitrogen and oxygen atoms in total. The van der Waals surface area contributed by atoms with Gasteiger partial charge in [-0.25, -0.2) is 4.79 Å². The van der Waals surface area contributed by atoms with Gasteiger partial charge in [-0.1, -0.05) is 18.2 Å². The van der Waals surface area contributed by atoms with Crippen molar-refractivity contribution in [2.45, 2.75) is 33.7 Å². The van der Waals surface area contributed by atoms with Gasteiger partial charge >= 0.3 is 5.97 Å². The molecule has 2 heterocycles. The van der Waals surface area contributed by atoms with Gasteiger partial charge < -0.3 is 19.1 Å². The van der Waals surface area contributed by atoms with Crippen LogP contribution < -0.4 is 4.90 Å². The topological polar surface area (TPSA) is 54.8 Å². The third-order valence-electron chi connectivity index (χ3n) is 5.30. The zero-order chi connectivity index (χ0) is 20.3. The van der Waals surface area contributed by atoms with Gasteiger partial charge in [-0.15, -0.1) is 0 Å². The lowest BCUT2D eigenvalue weighted by molar-refractivity contribution is -0.134. The molecule has 0 atom stereocenters. The lowest BCUT2D eigenvalue weighted by atomic mass is 10.2. The van der Waals surface area contributed by atoms with Gasteiger partial charge in [0.25, 0.3) is 5.91 Å². The van der Waals surface area contributed by atoms with Crippen molar-refractivity contribution in [1.82, 2.24) is 9.47 Å². The van der Waals surface area contributed by atoms with Crippen LogP contribution in [0.4, 0.5) is 5.69 Å². The molecule has 2 aromatic rings. The summed E-state index contributed by atoms with van der Waals surface area (Å²) in [5.41, 5.74) is 3.60. The average Bonchev–Trinajstić information content (AvgIpc) is 3.01. The summed E-state index contributed by atoms with van der Waals surface area (Å²) in [5, 5.41) is 0. The Morgan fingerprint density at radius 3 is 2.25 bits per heavy atom. The molecule has 0 spiro atoms. The quantitative estimate of drug-likeness (QED) is 0.744. The number of aromatic nitrogens is 1. The van der Waals surface area contributed by atoms with Gasteiger partial charge in [0, 0.05) is 49.3 Å². The van der Waals surface area contributed by atoms with E-state index in [1.165, 1.54) is 5.69 Å². The minimum atomic E-state index is -0.434. The average molecular weight is 383 g/mol. The summed E-state index contributed by atoms with van der Waals surface area (Å²) in [6.45, 7) is 10.6. The number of piperazine rings is 1. The van der Waals surface area contributed by atoms with Crippen molar-refractivity contribution in [3.05, 3.63) is 53.3 Å². The van der Waals surface area contributed by atoms with E-state index in [1.54, 1.807) is 4.90 Å². The minimum absolute atomic E-state index is 0.140. The van der Waals surface area contributed by atoms with Gasteiger partial charge in [-0.05, 0) is 45.9 Å². The van der Waals surface area contributed by atoms with E-state index in [4.69, 9.17) is 4.74 Å². The SMILES string of the molecule is Cc1cc(C(=O)OCC(=O)N2CCN(c3ccccc3)CC2)c(C)n1C(C)C. The predicted octanol–water partition coefficient (Wildman–Crippen LogP) is 3.19. The molecule has 1 amide bonds. The Bertz CT molecular complexity index is 834. The second kappa shape index (κ2) is 8.50. The monoisotopic (exact) mass is 383 g/mol. The number of aryl methyl sites for hydroxylation is 1. The Balaban J connectivity index is 1.52. The summed E-state index contributed by atoms with van der Waals surface area (Å²) < 4.78 is 7.42. The Morgan fingerprint density at radius 2 is 1.68 bits per heavy atom. The first-order valence-electron chi connectivity index (χ1n) is 9.81. The van der Waals surface area contributed by atoms with E-state index in [0.717, 1.165) is 24.5 Å². The number of esters is 1. The number of hydrogen-bond acceptors (Lipinski definition) is 4. The number of carbonyl (C=O) groups excluding carboxylic acids is 2. The van der Waals surface area contributed by atoms with Gasteiger partial charge in [0.15, 0.2) is 6.61 Å². The van der Waals surface area contributed by atoms with Crippen LogP contribution in [0.5, 0.6) is 0 Å². The molecular formula is C22H29N3O3. The fourth-order valence-electron chi connectivity index (χ4n) is 3.93. The number of ether oxygens (including phenoxy) is 1. The van der Waals surface area contributed by atoms with Crippen LogP contribution in [-0.4, -0.2) is 54.1 Å².